The van der Waals surface area contributed by atoms with E-state index >= 15 is 0 Å². The van der Waals surface area contributed by atoms with Gasteiger partial charge < -0.3 is 15.7 Å². The Labute approximate surface area is 135 Å². The fraction of sp³-hybridized carbons (Fsp3) is 0.278. The number of hydrogen-bond donors (Lipinski definition) is 3. The van der Waals surface area contributed by atoms with E-state index in [1.54, 1.807) is 13.0 Å². The zero-order valence-corrected chi connectivity index (χ0v) is 13.1. The first kappa shape index (κ1) is 17.0. The van der Waals surface area contributed by atoms with E-state index in [1.807, 2.05) is 30.3 Å². The summed E-state index contributed by atoms with van der Waals surface area (Å²) in [6.07, 6.45) is 0.569. The predicted octanol–water partition coefficient (Wildman–Crippen LogP) is 3.42. The number of anilines is 1. The van der Waals surface area contributed by atoms with Crippen LogP contribution in [0.3, 0.4) is 0 Å². The molecular formula is C18H21FN2O2. The monoisotopic (exact) mass is 316 g/mol. The Bertz CT molecular complexity index is 647. The molecule has 0 spiro atoms. The molecule has 2 aromatic carbocycles. The van der Waals surface area contributed by atoms with Gasteiger partial charge in [0.05, 0.1) is 0 Å². The lowest BCUT2D eigenvalue weighted by Gasteiger charge is -2.17. The molecule has 0 radical (unpaired) electrons. The Hall–Kier alpha value is -2.40. The van der Waals surface area contributed by atoms with Gasteiger partial charge in [-0.1, -0.05) is 30.3 Å². The first-order chi connectivity index (χ1) is 11.1. The van der Waals surface area contributed by atoms with Crippen LogP contribution >= 0.6 is 0 Å². The largest absolute Gasteiger partial charge is 0.396 e. The van der Waals surface area contributed by atoms with Gasteiger partial charge in [-0.05, 0) is 42.7 Å². The van der Waals surface area contributed by atoms with Gasteiger partial charge >= 0.3 is 6.03 Å². The van der Waals surface area contributed by atoms with Crippen molar-refractivity contribution >= 4 is 11.7 Å². The van der Waals surface area contributed by atoms with Crippen molar-refractivity contribution in [3.8, 4) is 0 Å². The summed E-state index contributed by atoms with van der Waals surface area (Å²) in [4.78, 5) is 12.0. The van der Waals surface area contributed by atoms with E-state index in [9.17, 15) is 14.3 Å². The molecule has 0 bridgehead atoms. The van der Waals surface area contributed by atoms with Gasteiger partial charge in [0, 0.05) is 24.8 Å². The zero-order valence-electron chi connectivity index (χ0n) is 13.1. The smallest absolute Gasteiger partial charge is 0.319 e. The Morgan fingerprint density at radius 1 is 1.22 bits per heavy atom. The summed E-state index contributed by atoms with van der Waals surface area (Å²) in [6.45, 7) is 2.11. The van der Waals surface area contributed by atoms with E-state index in [0.29, 0.717) is 24.2 Å². The quantitative estimate of drug-likeness (QED) is 0.764. The van der Waals surface area contributed by atoms with Crippen molar-refractivity contribution in [1.29, 1.82) is 0 Å². The van der Waals surface area contributed by atoms with Crippen LogP contribution in [0.4, 0.5) is 14.9 Å². The molecule has 0 aliphatic carbocycles. The average molecular weight is 316 g/mol. The summed E-state index contributed by atoms with van der Waals surface area (Å²) in [5.41, 5.74) is 2.09. The van der Waals surface area contributed by atoms with Crippen LogP contribution in [0.5, 0.6) is 0 Å². The highest BCUT2D eigenvalue weighted by Crippen LogP contribution is 2.18. The Morgan fingerprint density at radius 2 is 1.96 bits per heavy atom. The van der Waals surface area contributed by atoms with Crippen molar-refractivity contribution in [2.75, 3.05) is 18.5 Å². The van der Waals surface area contributed by atoms with Gasteiger partial charge in [0.25, 0.3) is 0 Å². The molecule has 0 heterocycles. The second-order valence-electron chi connectivity index (χ2n) is 5.42. The fourth-order valence-electron chi connectivity index (χ4n) is 2.38. The standard InChI is InChI=1S/C18H21FN2O2/c1-13-11-16(7-8-17(13)19)21-18(23)20-12-15(9-10-22)14-5-3-2-4-6-14/h2-8,11,15,22H,9-10,12H2,1H3,(H2,20,21,23). The van der Waals surface area contributed by atoms with Crippen LogP contribution in [0.1, 0.15) is 23.5 Å². The number of aliphatic hydroxyl groups is 1. The summed E-state index contributed by atoms with van der Waals surface area (Å²) >= 11 is 0. The normalized spacial score (nSPS) is 11.8. The van der Waals surface area contributed by atoms with Crippen LogP contribution in [0.15, 0.2) is 48.5 Å². The van der Waals surface area contributed by atoms with E-state index in [2.05, 4.69) is 10.6 Å². The fourth-order valence-corrected chi connectivity index (χ4v) is 2.38. The SMILES string of the molecule is Cc1cc(NC(=O)NCC(CCO)c2ccccc2)ccc1F. The lowest BCUT2D eigenvalue weighted by atomic mass is 9.96. The number of aliphatic hydroxyl groups excluding tert-OH is 1. The minimum absolute atomic E-state index is 0.0434. The maximum atomic E-state index is 13.2. The van der Waals surface area contributed by atoms with Crippen LogP contribution in [0.2, 0.25) is 0 Å². The molecule has 0 aliphatic heterocycles. The minimum atomic E-state index is -0.352. The lowest BCUT2D eigenvalue weighted by molar-refractivity contribution is 0.248. The molecule has 1 unspecified atom stereocenters. The molecule has 0 fully saturated rings. The van der Waals surface area contributed by atoms with Gasteiger partial charge in [-0.25, -0.2) is 9.18 Å². The molecular weight excluding hydrogens is 295 g/mol. The second kappa shape index (κ2) is 8.29. The molecule has 5 heteroatoms. The van der Waals surface area contributed by atoms with Crippen molar-refractivity contribution in [1.82, 2.24) is 5.32 Å². The van der Waals surface area contributed by atoms with Crippen molar-refractivity contribution in [2.24, 2.45) is 0 Å². The zero-order chi connectivity index (χ0) is 16.7. The highest BCUT2D eigenvalue weighted by Gasteiger charge is 2.12. The first-order valence-corrected chi connectivity index (χ1v) is 7.57. The molecule has 0 aromatic heterocycles. The average Bonchev–Trinajstić information content (AvgIpc) is 2.56. The third-order valence-electron chi connectivity index (χ3n) is 3.67. The van der Waals surface area contributed by atoms with Crippen LogP contribution in [-0.4, -0.2) is 24.3 Å². The summed E-state index contributed by atoms with van der Waals surface area (Å²) in [6, 6.07) is 13.8. The van der Waals surface area contributed by atoms with Gasteiger partial charge in [0.15, 0.2) is 0 Å². The number of nitrogens with one attached hydrogen (secondary N) is 2. The number of amides is 2. The summed E-state index contributed by atoms with van der Waals surface area (Å²) in [5, 5.41) is 14.7. The maximum Gasteiger partial charge on any atom is 0.319 e. The number of urea groups is 1. The van der Waals surface area contributed by atoms with E-state index < -0.39 is 0 Å². The number of hydrogen-bond acceptors (Lipinski definition) is 2. The van der Waals surface area contributed by atoms with Crippen molar-refractivity contribution in [2.45, 2.75) is 19.3 Å². The number of benzene rings is 2. The molecule has 2 aromatic rings. The van der Waals surface area contributed by atoms with E-state index in [-0.39, 0.29) is 24.4 Å². The molecule has 0 aliphatic rings. The highest BCUT2D eigenvalue weighted by molar-refractivity contribution is 5.89. The summed E-state index contributed by atoms with van der Waals surface area (Å²) in [5.74, 6) is -0.259. The van der Waals surface area contributed by atoms with Crippen molar-refractivity contribution < 1.29 is 14.3 Å². The maximum absolute atomic E-state index is 13.2. The molecule has 23 heavy (non-hydrogen) atoms. The topological polar surface area (TPSA) is 61.4 Å². The second-order valence-corrected chi connectivity index (χ2v) is 5.42. The highest BCUT2D eigenvalue weighted by atomic mass is 19.1. The lowest BCUT2D eigenvalue weighted by Crippen LogP contribution is -2.32. The molecule has 4 nitrogen and oxygen atoms in total. The number of carbonyl (C=O) groups is 1. The van der Waals surface area contributed by atoms with Crippen molar-refractivity contribution in [3.63, 3.8) is 0 Å². The number of aryl methyl sites for hydroxylation is 1. The van der Waals surface area contributed by atoms with Crippen LogP contribution < -0.4 is 10.6 Å². The van der Waals surface area contributed by atoms with Gasteiger partial charge in [0.2, 0.25) is 0 Å². The number of halogens is 1. The Morgan fingerprint density at radius 3 is 2.61 bits per heavy atom. The van der Waals surface area contributed by atoms with Gasteiger partial charge in [-0.3, -0.25) is 0 Å². The third-order valence-corrected chi connectivity index (χ3v) is 3.67. The van der Waals surface area contributed by atoms with Crippen LogP contribution in [0, 0.1) is 12.7 Å². The molecule has 122 valence electrons. The van der Waals surface area contributed by atoms with Gasteiger partial charge in [-0.15, -0.1) is 0 Å². The molecule has 2 rings (SSSR count). The predicted molar refractivity (Wildman–Crippen MR) is 89.0 cm³/mol. The summed E-state index contributed by atoms with van der Waals surface area (Å²) < 4.78 is 13.2. The van der Waals surface area contributed by atoms with E-state index in [1.165, 1.54) is 12.1 Å². The van der Waals surface area contributed by atoms with Gasteiger partial charge in [0.1, 0.15) is 5.82 Å². The van der Waals surface area contributed by atoms with Crippen LogP contribution in [0.25, 0.3) is 0 Å². The summed E-state index contributed by atoms with van der Waals surface area (Å²) in [7, 11) is 0. The molecule has 2 amide bonds. The van der Waals surface area contributed by atoms with Crippen LogP contribution in [-0.2, 0) is 0 Å². The molecule has 0 saturated heterocycles. The minimum Gasteiger partial charge on any atom is -0.396 e. The third kappa shape index (κ3) is 5.07. The molecule has 3 N–H and O–H groups in total. The molecule has 0 saturated carbocycles. The number of rotatable bonds is 6. The van der Waals surface area contributed by atoms with Crippen molar-refractivity contribution in [3.05, 3.63) is 65.5 Å². The Kier molecular flexibility index (Phi) is 6.11. The first-order valence-electron chi connectivity index (χ1n) is 7.57. The molecule has 1 atom stereocenters. The van der Waals surface area contributed by atoms with Gasteiger partial charge in [-0.2, -0.15) is 0 Å². The Balaban J connectivity index is 1.92. The number of carbonyl (C=O) groups excluding carboxylic acids is 1. The van der Waals surface area contributed by atoms with E-state index in [0.717, 1.165) is 5.56 Å². The van der Waals surface area contributed by atoms with E-state index in [4.69, 9.17) is 0 Å².